The summed E-state index contributed by atoms with van der Waals surface area (Å²) in [6.45, 7) is 0. The quantitative estimate of drug-likeness (QED) is 0.559. The molecule has 0 radical (unpaired) electrons. The van der Waals surface area contributed by atoms with Gasteiger partial charge in [0.05, 0.1) is 11.0 Å². The topological polar surface area (TPSA) is 45.8 Å². The average Bonchev–Trinajstić information content (AvgIpc) is 2.29. The van der Waals surface area contributed by atoms with Crippen molar-refractivity contribution in [1.82, 2.24) is 9.97 Å². The fourth-order valence-corrected chi connectivity index (χ4v) is 1.75. The van der Waals surface area contributed by atoms with Crippen molar-refractivity contribution >= 4 is 21.8 Å². The first kappa shape index (κ1) is 8.17. The number of benzene rings is 1. The van der Waals surface area contributed by atoms with Crippen LogP contribution in [0.15, 0.2) is 47.4 Å². The largest absolute Gasteiger partial charge is 0.321 e. The number of H-pyrrole nitrogens is 1. The van der Waals surface area contributed by atoms with E-state index >= 15 is 0 Å². The zero-order valence-corrected chi connectivity index (χ0v) is 7.90. The van der Waals surface area contributed by atoms with Gasteiger partial charge in [0.2, 0.25) is 5.56 Å². The minimum atomic E-state index is -0.0844. The summed E-state index contributed by atoms with van der Waals surface area (Å²) >= 11 is 0. The van der Waals surface area contributed by atoms with Gasteiger partial charge in [0.15, 0.2) is 0 Å². The molecule has 0 aliphatic carbocycles. The van der Waals surface area contributed by atoms with Gasteiger partial charge in [-0.25, -0.2) is 0 Å². The minimum Gasteiger partial charge on any atom is -0.321 e. The first-order chi connectivity index (χ1) is 7.34. The molecule has 0 amide bonds. The SMILES string of the molecule is O=c1ccc2cnc3ccccc3c2[nH]1. The van der Waals surface area contributed by atoms with Crippen LogP contribution in [-0.2, 0) is 0 Å². The summed E-state index contributed by atoms with van der Waals surface area (Å²) in [5.74, 6) is 0. The zero-order chi connectivity index (χ0) is 10.3. The molecule has 2 heterocycles. The van der Waals surface area contributed by atoms with Crippen LogP contribution >= 0.6 is 0 Å². The lowest BCUT2D eigenvalue weighted by Gasteiger charge is -2.01. The Balaban J connectivity index is 2.63. The maximum atomic E-state index is 11.3. The van der Waals surface area contributed by atoms with Crippen LogP contribution < -0.4 is 5.56 Å². The lowest BCUT2D eigenvalue weighted by atomic mass is 10.1. The standard InChI is InChI=1S/C12H8N2O/c15-11-6-5-8-7-13-10-4-2-1-3-9(10)12(8)14-11/h1-7H,(H,14,15). The number of rotatable bonds is 0. The number of nitrogens with one attached hydrogen (secondary N) is 1. The molecule has 3 heteroatoms. The molecule has 0 atom stereocenters. The first-order valence-electron chi connectivity index (χ1n) is 4.71. The summed E-state index contributed by atoms with van der Waals surface area (Å²) in [4.78, 5) is 18.4. The van der Waals surface area contributed by atoms with Gasteiger partial charge in [-0.2, -0.15) is 0 Å². The number of hydrogen-bond donors (Lipinski definition) is 1. The van der Waals surface area contributed by atoms with Crippen molar-refractivity contribution in [2.45, 2.75) is 0 Å². The van der Waals surface area contributed by atoms with Gasteiger partial charge in [0.1, 0.15) is 0 Å². The molecule has 15 heavy (non-hydrogen) atoms. The highest BCUT2D eigenvalue weighted by atomic mass is 16.1. The minimum absolute atomic E-state index is 0.0844. The number of fused-ring (bicyclic) bond motifs is 3. The van der Waals surface area contributed by atoms with E-state index in [9.17, 15) is 4.79 Å². The average molecular weight is 196 g/mol. The van der Waals surface area contributed by atoms with E-state index in [0.717, 1.165) is 21.8 Å². The molecule has 0 bridgehead atoms. The summed E-state index contributed by atoms with van der Waals surface area (Å²) < 4.78 is 0. The monoisotopic (exact) mass is 196 g/mol. The number of pyridine rings is 2. The van der Waals surface area contributed by atoms with Crippen LogP contribution in [0.1, 0.15) is 0 Å². The molecule has 0 saturated heterocycles. The number of aromatic amines is 1. The Morgan fingerprint density at radius 1 is 1.07 bits per heavy atom. The molecule has 3 nitrogen and oxygen atoms in total. The predicted molar refractivity (Wildman–Crippen MR) is 59.9 cm³/mol. The number of para-hydroxylation sites is 1. The number of nitrogens with zero attached hydrogens (tertiary/aromatic N) is 1. The van der Waals surface area contributed by atoms with Crippen LogP contribution in [0.5, 0.6) is 0 Å². The van der Waals surface area contributed by atoms with Crippen molar-refractivity contribution < 1.29 is 0 Å². The van der Waals surface area contributed by atoms with Crippen molar-refractivity contribution in [3.63, 3.8) is 0 Å². The lowest BCUT2D eigenvalue weighted by molar-refractivity contribution is 1.30. The highest BCUT2D eigenvalue weighted by molar-refractivity contribution is 6.02. The van der Waals surface area contributed by atoms with E-state index in [0.29, 0.717) is 0 Å². The predicted octanol–water partition coefficient (Wildman–Crippen LogP) is 2.08. The molecule has 3 rings (SSSR count). The van der Waals surface area contributed by atoms with Gasteiger partial charge >= 0.3 is 0 Å². The molecule has 1 N–H and O–H groups in total. The van der Waals surface area contributed by atoms with Crippen molar-refractivity contribution in [3.05, 3.63) is 52.9 Å². The number of aromatic nitrogens is 2. The fourth-order valence-electron chi connectivity index (χ4n) is 1.75. The van der Waals surface area contributed by atoms with E-state index in [1.54, 1.807) is 12.3 Å². The third-order valence-corrected chi connectivity index (χ3v) is 2.47. The maximum Gasteiger partial charge on any atom is 0.248 e. The van der Waals surface area contributed by atoms with E-state index in [-0.39, 0.29) is 5.56 Å². The van der Waals surface area contributed by atoms with Crippen LogP contribution in [0.4, 0.5) is 0 Å². The zero-order valence-electron chi connectivity index (χ0n) is 7.90. The van der Waals surface area contributed by atoms with Gasteiger partial charge in [0, 0.05) is 23.0 Å². The van der Waals surface area contributed by atoms with Gasteiger partial charge in [-0.1, -0.05) is 18.2 Å². The van der Waals surface area contributed by atoms with Gasteiger partial charge < -0.3 is 4.98 Å². The molecule has 1 aromatic carbocycles. The molecule has 0 aliphatic rings. The molecule has 0 aliphatic heterocycles. The lowest BCUT2D eigenvalue weighted by Crippen LogP contribution is -2.02. The van der Waals surface area contributed by atoms with Crippen molar-refractivity contribution in [2.24, 2.45) is 0 Å². The normalized spacial score (nSPS) is 10.9. The second kappa shape index (κ2) is 2.92. The summed E-state index contributed by atoms with van der Waals surface area (Å²) in [6, 6.07) is 11.1. The van der Waals surface area contributed by atoms with Crippen molar-refractivity contribution in [3.8, 4) is 0 Å². The Labute approximate surface area is 85.4 Å². The third-order valence-electron chi connectivity index (χ3n) is 2.47. The van der Waals surface area contributed by atoms with Crippen LogP contribution in [0, 0.1) is 0 Å². The molecule has 0 unspecified atom stereocenters. The van der Waals surface area contributed by atoms with E-state index in [1.165, 1.54) is 6.07 Å². The summed E-state index contributed by atoms with van der Waals surface area (Å²) in [5.41, 5.74) is 1.67. The summed E-state index contributed by atoms with van der Waals surface area (Å²) in [7, 11) is 0. The highest BCUT2D eigenvalue weighted by Gasteiger charge is 2.00. The molecule has 3 aromatic rings. The second-order valence-electron chi connectivity index (χ2n) is 3.43. The summed E-state index contributed by atoms with van der Waals surface area (Å²) in [5, 5.41) is 1.93. The Morgan fingerprint density at radius 2 is 1.93 bits per heavy atom. The summed E-state index contributed by atoms with van der Waals surface area (Å²) in [6.07, 6.45) is 1.77. The maximum absolute atomic E-state index is 11.3. The van der Waals surface area contributed by atoms with Crippen LogP contribution in [-0.4, -0.2) is 9.97 Å². The molecule has 0 fully saturated rings. The van der Waals surface area contributed by atoms with E-state index in [1.807, 2.05) is 24.3 Å². The first-order valence-corrected chi connectivity index (χ1v) is 4.71. The third kappa shape index (κ3) is 1.21. The molecule has 0 spiro atoms. The molecular weight excluding hydrogens is 188 g/mol. The van der Waals surface area contributed by atoms with E-state index < -0.39 is 0 Å². The van der Waals surface area contributed by atoms with E-state index in [4.69, 9.17) is 0 Å². The van der Waals surface area contributed by atoms with E-state index in [2.05, 4.69) is 9.97 Å². The van der Waals surface area contributed by atoms with Crippen molar-refractivity contribution in [1.29, 1.82) is 0 Å². The molecule has 2 aromatic heterocycles. The Hall–Kier alpha value is -2.16. The van der Waals surface area contributed by atoms with Gasteiger partial charge in [-0.3, -0.25) is 9.78 Å². The molecule has 0 saturated carbocycles. The Bertz CT molecular complexity index is 700. The van der Waals surface area contributed by atoms with Gasteiger partial charge in [-0.15, -0.1) is 0 Å². The van der Waals surface area contributed by atoms with Crippen LogP contribution in [0.3, 0.4) is 0 Å². The smallest absolute Gasteiger partial charge is 0.248 e. The Morgan fingerprint density at radius 3 is 2.87 bits per heavy atom. The fraction of sp³-hybridized carbons (Fsp3) is 0. The van der Waals surface area contributed by atoms with Gasteiger partial charge in [0.25, 0.3) is 0 Å². The van der Waals surface area contributed by atoms with Crippen molar-refractivity contribution in [2.75, 3.05) is 0 Å². The van der Waals surface area contributed by atoms with Crippen LogP contribution in [0.2, 0.25) is 0 Å². The number of hydrogen-bond acceptors (Lipinski definition) is 2. The Kier molecular flexibility index (Phi) is 1.59. The molecule has 72 valence electrons. The van der Waals surface area contributed by atoms with Crippen LogP contribution in [0.25, 0.3) is 21.8 Å². The van der Waals surface area contributed by atoms with Gasteiger partial charge in [-0.05, 0) is 12.1 Å². The highest BCUT2D eigenvalue weighted by Crippen LogP contribution is 2.19. The molecular formula is C12H8N2O. The second-order valence-corrected chi connectivity index (χ2v) is 3.43.